The minimum absolute atomic E-state index is 0.0375. The first-order chi connectivity index (χ1) is 10.8. The van der Waals surface area contributed by atoms with Crippen LogP contribution in [0.4, 0.5) is 5.69 Å². The Morgan fingerprint density at radius 2 is 2.13 bits per heavy atom. The predicted molar refractivity (Wildman–Crippen MR) is 87.1 cm³/mol. The van der Waals surface area contributed by atoms with Crippen molar-refractivity contribution in [3.8, 4) is 0 Å². The minimum atomic E-state index is -2.99. The fraction of sp³-hybridized carbons (Fsp3) is 0.500. The topological polar surface area (TPSA) is 83.6 Å². The molecule has 1 N–H and O–H groups in total. The maximum Gasteiger partial charge on any atom is 0.227 e. The molecule has 0 radical (unpaired) electrons. The molecule has 0 aliphatic carbocycles. The van der Waals surface area contributed by atoms with Crippen molar-refractivity contribution in [3.05, 3.63) is 29.3 Å². The van der Waals surface area contributed by atoms with Crippen LogP contribution in [0.5, 0.6) is 0 Å². The molecule has 2 heterocycles. The van der Waals surface area contributed by atoms with Crippen molar-refractivity contribution < 1.29 is 18.0 Å². The lowest BCUT2D eigenvalue weighted by atomic mass is 9.98. The Morgan fingerprint density at radius 1 is 1.35 bits per heavy atom. The molecule has 1 aromatic carbocycles. The van der Waals surface area contributed by atoms with Gasteiger partial charge in [0.25, 0.3) is 0 Å². The van der Waals surface area contributed by atoms with E-state index in [1.54, 1.807) is 11.9 Å². The summed E-state index contributed by atoms with van der Waals surface area (Å²) >= 11 is 0. The number of benzene rings is 1. The van der Waals surface area contributed by atoms with Gasteiger partial charge in [-0.05, 0) is 30.0 Å². The van der Waals surface area contributed by atoms with Gasteiger partial charge in [-0.25, -0.2) is 8.42 Å². The van der Waals surface area contributed by atoms with Gasteiger partial charge in [-0.3, -0.25) is 9.59 Å². The molecule has 0 saturated carbocycles. The number of rotatable bonds is 3. The molecular formula is C16H20N2O4S. The van der Waals surface area contributed by atoms with Crippen molar-refractivity contribution >= 4 is 27.3 Å². The molecule has 1 atom stereocenters. The summed E-state index contributed by atoms with van der Waals surface area (Å²) in [5, 5.41) is 2.80. The Hall–Kier alpha value is -1.89. The van der Waals surface area contributed by atoms with Gasteiger partial charge in [0.2, 0.25) is 11.8 Å². The number of carbonyl (C=O) groups is 2. The Labute approximate surface area is 135 Å². The fourth-order valence-electron chi connectivity index (χ4n) is 3.19. The van der Waals surface area contributed by atoms with Gasteiger partial charge < -0.3 is 10.2 Å². The number of amides is 2. The van der Waals surface area contributed by atoms with Gasteiger partial charge in [-0.1, -0.05) is 12.1 Å². The summed E-state index contributed by atoms with van der Waals surface area (Å²) in [7, 11) is -1.23. The van der Waals surface area contributed by atoms with E-state index in [9.17, 15) is 18.0 Å². The van der Waals surface area contributed by atoms with Crippen LogP contribution in [0.15, 0.2) is 18.2 Å². The molecule has 1 fully saturated rings. The molecule has 2 amide bonds. The molecule has 7 heteroatoms. The monoisotopic (exact) mass is 336 g/mol. The number of fused-ring (bicyclic) bond motifs is 1. The summed E-state index contributed by atoms with van der Waals surface area (Å²) in [5.74, 6) is 0.130. The number of hydrogen-bond acceptors (Lipinski definition) is 4. The molecule has 23 heavy (non-hydrogen) atoms. The van der Waals surface area contributed by atoms with Gasteiger partial charge in [0, 0.05) is 25.2 Å². The lowest BCUT2D eigenvalue weighted by Crippen LogP contribution is -2.36. The van der Waals surface area contributed by atoms with E-state index in [2.05, 4.69) is 5.32 Å². The largest absolute Gasteiger partial charge is 0.352 e. The number of sulfone groups is 1. The van der Waals surface area contributed by atoms with Crippen molar-refractivity contribution in [1.29, 1.82) is 0 Å². The smallest absolute Gasteiger partial charge is 0.227 e. The van der Waals surface area contributed by atoms with Crippen molar-refractivity contribution in [2.24, 2.45) is 0 Å². The third-order valence-electron chi connectivity index (χ3n) is 4.45. The SMILES string of the molecule is CN1C(=O)CCc2cc(CC(=O)NC3CCS(=O)(=O)C3)ccc21. The Balaban J connectivity index is 1.65. The number of anilines is 1. The Morgan fingerprint density at radius 3 is 2.83 bits per heavy atom. The third kappa shape index (κ3) is 3.55. The van der Waals surface area contributed by atoms with Crippen molar-refractivity contribution in [1.82, 2.24) is 5.32 Å². The fourth-order valence-corrected chi connectivity index (χ4v) is 4.87. The van der Waals surface area contributed by atoms with Crippen LogP contribution in [-0.4, -0.2) is 44.8 Å². The minimum Gasteiger partial charge on any atom is -0.352 e. The molecule has 1 saturated heterocycles. The molecule has 124 valence electrons. The first-order valence-corrected chi connectivity index (χ1v) is 9.54. The summed E-state index contributed by atoms with van der Waals surface area (Å²) in [6, 6.07) is 5.41. The summed E-state index contributed by atoms with van der Waals surface area (Å²) in [4.78, 5) is 25.4. The van der Waals surface area contributed by atoms with E-state index in [0.29, 0.717) is 19.3 Å². The molecule has 0 bridgehead atoms. The van der Waals surface area contributed by atoms with Gasteiger partial charge in [0.1, 0.15) is 0 Å². The second-order valence-electron chi connectivity index (χ2n) is 6.26. The quantitative estimate of drug-likeness (QED) is 0.868. The van der Waals surface area contributed by atoms with E-state index in [0.717, 1.165) is 16.8 Å². The lowest BCUT2D eigenvalue weighted by molar-refractivity contribution is -0.121. The highest BCUT2D eigenvalue weighted by atomic mass is 32.2. The third-order valence-corrected chi connectivity index (χ3v) is 6.22. The zero-order valence-electron chi connectivity index (χ0n) is 13.0. The van der Waals surface area contributed by atoms with Crippen LogP contribution in [0.1, 0.15) is 24.0 Å². The summed E-state index contributed by atoms with van der Waals surface area (Å²) < 4.78 is 22.8. The number of hydrogen-bond donors (Lipinski definition) is 1. The maximum atomic E-state index is 12.1. The van der Waals surface area contributed by atoms with E-state index in [1.165, 1.54) is 0 Å². The molecule has 1 aromatic rings. The maximum absolute atomic E-state index is 12.1. The normalized spacial score (nSPS) is 22.7. The van der Waals surface area contributed by atoms with E-state index >= 15 is 0 Å². The zero-order valence-corrected chi connectivity index (χ0v) is 13.9. The van der Waals surface area contributed by atoms with E-state index in [-0.39, 0.29) is 35.8 Å². The van der Waals surface area contributed by atoms with Gasteiger partial charge in [0.05, 0.1) is 17.9 Å². The summed E-state index contributed by atoms with van der Waals surface area (Å²) in [6.07, 6.45) is 1.89. The number of nitrogens with one attached hydrogen (secondary N) is 1. The molecule has 6 nitrogen and oxygen atoms in total. The lowest BCUT2D eigenvalue weighted by Gasteiger charge is -2.26. The highest BCUT2D eigenvalue weighted by Crippen LogP contribution is 2.27. The van der Waals surface area contributed by atoms with Crippen LogP contribution in [0.2, 0.25) is 0 Å². The highest BCUT2D eigenvalue weighted by Gasteiger charge is 2.29. The number of carbonyl (C=O) groups excluding carboxylic acids is 2. The first-order valence-electron chi connectivity index (χ1n) is 7.72. The van der Waals surface area contributed by atoms with Gasteiger partial charge in [-0.15, -0.1) is 0 Å². The zero-order chi connectivity index (χ0) is 16.6. The van der Waals surface area contributed by atoms with Gasteiger partial charge >= 0.3 is 0 Å². The summed E-state index contributed by atoms with van der Waals surface area (Å²) in [6.45, 7) is 0. The van der Waals surface area contributed by atoms with Crippen LogP contribution >= 0.6 is 0 Å². The average Bonchev–Trinajstić information content (AvgIpc) is 2.82. The van der Waals surface area contributed by atoms with E-state index in [1.807, 2.05) is 18.2 Å². The Bertz CT molecular complexity index is 757. The average molecular weight is 336 g/mol. The van der Waals surface area contributed by atoms with Crippen LogP contribution in [0, 0.1) is 0 Å². The molecule has 0 aromatic heterocycles. The van der Waals surface area contributed by atoms with E-state index < -0.39 is 9.84 Å². The van der Waals surface area contributed by atoms with Crippen LogP contribution in [0.3, 0.4) is 0 Å². The van der Waals surface area contributed by atoms with Crippen LogP contribution in [-0.2, 0) is 32.3 Å². The molecular weight excluding hydrogens is 316 g/mol. The number of nitrogens with zero attached hydrogens (tertiary/aromatic N) is 1. The predicted octanol–water partition coefficient (Wildman–Crippen LogP) is 0.441. The molecule has 2 aliphatic heterocycles. The van der Waals surface area contributed by atoms with Gasteiger partial charge in [-0.2, -0.15) is 0 Å². The standard InChI is InChI=1S/C16H20N2O4S/c1-18-14-4-2-11(8-12(14)3-5-16(18)20)9-15(19)17-13-6-7-23(21,22)10-13/h2,4,8,13H,3,5-7,9-10H2,1H3,(H,17,19). The van der Waals surface area contributed by atoms with Crippen molar-refractivity contribution in [3.63, 3.8) is 0 Å². The van der Waals surface area contributed by atoms with Crippen molar-refractivity contribution in [2.45, 2.75) is 31.7 Å². The molecule has 0 spiro atoms. The Kier molecular flexibility index (Phi) is 4.14. The second-order valence-corrected chi connectivity index (χ2v) is 8.49. The highest BCUT2D eigenvalue weighted by molar-refractivity contribution is 7.91. The van der Waals surface area contributed by atoms with E-state index in [4.69, 9.17) is 0 Å². The van der Waals surface area contributed by atoms with Crippen molar-refractivity contribution in [2.75, 3.05) is 23.5 Å². The molecule has 3 rings (SSSR count). The van der Waals surface area contributed by atoms with Crippen LogP contribution in [0.25, 0.3) is 0 Å². The molecule has 1 unspecified atom stereocenters. The molecule has 2 aliphatic rings. The number of aryl methyl sites for hydroxylation is 1. The second kappa shape index (κ2) is 5.96. The summed E-state index contributed by atoms with van der Waals surface area (Å²) in [5.41, 5.74) is 2.85. The first kappa shape index (κ1) is 16.0. The van der Waals surface area contributed by atoms with Gasteiger partial charge in [0.15, 0.2) is 9.84 Å². The van der Waals surface area contributed by atoms with Crippen LogP contribution < -0.4 is 10.2 Å².